The average molecular weight is 394 g/mol. The number of carbonyl (C=O) groups excluding carboxylic acids is 1. The van der Waals surface area contributed by atoms with Crippen molar-refractivity contribution >= 4 is 28.6 Å². The van der Waals surface area contributed by atoms with Crippen LogP contribution in [0.4, 0.5) is 11.4 Å². The Hall–Kier alpha value is -2.66. The molecule has 4 nitrogen and oxygen atoms in total. The highest BCUT2D eigenvalue weighted by Crippen LogP contribution is 2.23. The fraction of sp³-hybridized carbons (Fsp3) is 0.304. The topological polar surface area (TPSA) is 45.2 Å². The summed E-state index contributed by atoms with van der Waals surface area (Å²) in [6, 6.07) is 12.5. The normalized spacial score (nSPS) is 10.8. The van der Waals surface area contributed by atoms with Gasteiger partial charge < -0.3 is 10.2 Å². The van der Waals surface area contributed by atoms with Gasteiger partial charge in [-0.2, -0.15) is 0 Å². The Morgan fingerprint density at radius 1 is 1.04 bits per heavy atom. The number of nitrogens with zero attached hydrogens (tertiary/aromatic N) is 2. The average Bonchev–Trinajstić information content (AvgIpc) is 3.06. The number of rotatable bonds is 6. The summed E-state index contributed by atoms with van der Waals surface area (Å²) in [5.74, 6) is -0.0301. The molecule has 0 spiro atoms. The van der Waals surface area contributed by atoms with Crippen LogP contribution >= 0.6 is 11.3 Å². The number of aryl methyl sites for hydroxylation is 4. The maximum atomic E-state index is 12.4. The van der Waals surface area contributed by atoms with E-state index in [1.54, 1.807) is 11.3 Å². The van der Waals surface area contributed by atoms with Crippen LogP contribution in [0.3, 0.4) is 0 Å². The minimum atomic E-state index is -0.0301. The third-order valence-corrected chi connectivity index (χ3v) is 5.65. The van der Waals surface area contributed by atoms with E-state index >= 15 is 0 Å². The molecule has 146 valence electrons. The molecule has 3 aromatic rings. The zero-order chi connectivity index (χ0) is 20.3. The second-order valence-electron chi connectivity index (χ2n) is 7.42. The molecule has 0 aliphatic carbocycles. The van der Waals surface area contributed by atoms with E-state index in [9.17, 15) is 4.79 Å². The SMILES string of the molecule is Cc1ccc(C)c(NC(=O)Cc2nc(CN(C)c3cc(C)ccc3C)cs2)c1. The van der Waals surface area contributed by atoms with Crippen molar-refractivity contribution in [3.8, 4) is 0 Å². The lowest BCUT2D eigenvalue weighted by atomic mass is 10.1. The third-order valence-electron chi connectivity index (χ3n) is 4.75. The zero-order valence-corrected chi connectivity index (χ0v) is 18.0. The summed E-state index contributed by atoms with van der Waals surface area (Å²) in [6.45, 7) is 8.97. The summed E-state index contributed by atoms with van der Waals surface area (Å²) in [5.41, 5.74) is 7.76. The van der Waals surface area contributed by atoms with E-state index in [2.05, 4.69) is 54.3 Å². The number of thiazole rings is 1. The lowest BCUT2D eigenvalue weighted by Gasteiger charge is -2.21. The number of hydrogen-bond donors (Lipinski definition) is 1. The van der Waals surface area contributed by atoms with Crippen molar-refractivity contribution in [1.82, 2.24) is 4.98 Å². The molecule has 1 aromatic heterocycles. The van der Waals surface area contributed by atoms with Crippen molar-refractivity contribution in [2.75, 3.05) is 17.3 Å². The molecule has 0 saturated heterocycles. The maximum absolute atomic E-state index is 12.4. The molecule has 0 bridgehead atoms. The van der Waals surface area contributed by atoms with Crippen LogP contribution in [0.2, 0.25) is 0 Å². The smallest absolute Gasteiger partial charge is 0.231 e. The van der Waals surface area contributed by atoms with Crippen molar-refractivity contribution in [1.29, 1.82) is 0 Å². The first-order valence-corrected chi connectivity index (χ1v) is 10.3. The summed E-state index contributed by atoms with van der Waals surface area (Å²) >= 11 is 1.54. The van der Waals surface area contributed by atoms with Crippen molar-refractivity contribution in [3.05, 3.63) is 74.7 Å². The third kappa shape index (κ3) is 4.98. The molecular formula is C23H27N3OS. The largest absolute Gasteiger partial charge is 0.368 e. The highest BCUT2D eigenvalue weighted by molar-refractivity contribution is 7.09. The molecule has 1 heterocycles. The Morgan fingerprint density at radius 2 is 1.71 bits per heavy atom. The van der Waals surface area contributed by atoms with Crippen molar-refractivity contribution in [2.24, 2.45) is 0 Å². The summed E-state index contributed by atoms with van der Waals surface area (Å²) in [6.07, 6.45) is 0.297. The van der Waals surface area contributed by atoms with E-state index in [0.717, 1.165) is 34.1 Å². The van der Waals surface area contributed by atoms with Gasteiger partial charge in [0, 0.05) is 23.8 Å². The standard InChI is InChI=1S/C23H27N3OS/c1-15-6-8-17(3)20(10-15)25-22(27)12-23-24-19(14-28-23)13-26(5)21-11-16(2)7-9-18(21)4/h6-11,14H,12-13H2,1-5H3,(H,25,27). The van der Waals surface area contributed by atoms with E-state index in [1.807, 2.05) is 37.4 Å². The van der Waals surface area contributed by atoms with Gasteiger partial charge in [-0.15, -0.1) is 11.3 Å². The molecule has 1 amide bonds. The number of anilines is 2. The number of benzene rings is 2. The van der Waals surface area contributed by atoms with E-state index in [0.29, 0.717) is 6.42 Å². The van der Waals surface area contributed by atoms with Crippen LogP contribution in [0.5, 0.6) is 0 Å². The van der Waals surface area contributed by atoms with Gasteiger partial charge in [0.2, 0.25) is 5.91 Å². The molecule has 0 saturated carbocycles. The van der Waals surface area contributed by atoms with Gasteiger partial charge in [0.1, 0.15) is 5.01 Å². The van der Waals surface area contributed by atoms with E-state index in [4.69, 9.17) is 0 Å². The first kappa shape index (κ1) is 20.1. The minimum absolute atomic E-state index is 0.0301. The number of carbonyl (C=O) groups is 1. The van der Waals surface area contributed by atoms with Gasteiger partial charge in [0.25, 0.3) is 0 Å². The molecule has 0 fully saturated rings. The Kier molecular flexibility index (Phi) is 6.15. The second-order valence-corrected chi connectivity index (χ2v) is 8.36. The molecule has 0 aliphatic rings. The van der Waals surface area contributed by atoms with Crippen LogP contribution < -0.4 is 10.2 Å². The highest BCUT2D eigenvalue weighted by atomic mass is 32.1. The Morgan fingerprint density at radius 3 is 2.46 bits per heavy atom. The van der Waals surface area contributed by atoms with Crippen molar-refractivity contribution < 1.29 is 4.79 Å². The second kappa shape index (κ2) is 8.57. The van der Waals surface area contributed by atoms with Gasteiger partial charge in [-0.1, -0.05) is 24.3 Å². The lowest BCUT2D eigenvalue weighted by molar-refractivity contribution is -0.115. The van der Waals surface area contributed by atoms with Crippen LogP contribution in [0.15, 0.2) is 41.8 Å². The van der Waals surface area contributed by atoms with Gasteiger partial charge >= 0.3 is 0 Å². The van der Waals surface area contributed by atoms with Crippen LogP contribution in [0.1, 0.15) is 33.0 Å². The highest BCUT2D eigenvalue weighted by Gasteiger charge is 2.12. The summed E-state index contributed by atoms with van der Waals surface area (Å²) < 4.78 is 0. The minimum Gasteiger partial charge on any atom is -0.368 e. The Balaban J connectivity index is 1.63. The predicted molar refractivity (Wildman–Crippen MR) is 118 cm³/mol. The lowest BCUT2D eigenvalue weighted by Crippen LogP contribution is -2.18. The van der Waals surface area contributed by atoms with Crippen LogP contribution in [-0.4, -0.2) is 17.9 Å². The fourth-order valence-electron chi connectivity index (χ4n) is 3.16. The van der Waals surface area contributed by atoms with Gasteiger partial charge in [-0.3, -0.25) is 4.79 Å². The van der Waals surface area contributed by atoms with Gasteiger partial charge in [-0.05, 0) is 62.1 Å². The van der Waals surface area contributed by atoms with E-state index in [1.165, 1.54) is 16.8 Å². The molecule has 28 heavy (non-hydrogen) atoms. The Bertz CT molecular complexity index is 993. The van der Waals surface area contributed by atoms with Crippen LogP contribution in [0.25, 0.3) is 0 Å². The number of hydrogen-bond acceptors (Lipinski definition) is 4. The molecule has 0 unspecified atom stereocenters. The Labute approximate surface area is 171 Å². The molecule has 3 rings (SSSR count). The summed E-state index contributed by atoms with van der Waals surface area (Å²) in [5, 5.41) is 5.89. The quantitative estimate of drug-likeness (QED) is 0.626. The van der Waals surface area contributed by atoms with Crippen LogP contribution in [-0.2, 0) is 17.8 Å². The molecule has 0 radical (unpaired) electrons. The fourth-order valence-corrected chi connectivity index (χ4v) is 3.95. The summed E-state index contributed by atoms with van der Waals surface area (Å²) in [4.78, 5) is 19.3. The van der Waals surface area contributed by atoms with E-state index in [-0.39, 0.29) is 5.91 Å². The van der Waals surface area contributed by atoms with E-state index < -0.39 is 0 Å². The molecule has 0 aliphatic heterocycles. The summed E-state index contributed by atoms with van der Waals surface area (Å²) in [7, 11) is 2.08. The van der Waals surface area contributed by atoms with Gasteiger partial charge in [-0.25, -0.2) is 4.98 Å². The zero-order valence-electron chi connectivity index (χ0n) is 17.2. The molecule has 2 aromatic carbocycles. The molecule has 0 atom stereocenters. The number of aromatic nitrogens is 1. The molecular weight excluding hydrogens is 366 g/mol. The number of nitrogens with one attached hydrogen (secondary N) is 1. The van der Waals surface area contributed by atoms with Gasteiger partial charge in [0.15, 0.2) is 0 Å². The monoisotopic (exact) mass is 393 g/mol. The van der Waals surface area contributed by atoms with Crippen LogP contribution in [0, 0.1) is 27.7 Å². The van der Waals surface area contributed by atoms with Gasteiger partial charge in [0.05, 0.1) is 18.7 Å². The molecule has 1 N–H and O–H groups in total. The number of amides is 1. The molecule has 5 heteroatoms. The van der Waals surface area contributed by atoms with Crippen molar-refractivity contribution in [2.45, 2.75) is 40.7 Å². The van der Waals surface area contributed by atoms with Crippen molar-refractivity contribution in [3.63, 3.8) is 0 Å². The maximum Gasteiger partial charge on any atom is 0.231 e. The first-order valence-electron chi connectivity index (χ1n) is 9.40. The predicted octanol–water partition coefficient (Wildman–Crippen LogP) is 5.19. The first-order chi connectivity index (χ1) is 13.3.